The number of nitrogens with one attached hydrogen (secondary N) is 1. The van der Waals surface area contributed by atoms with Gasteiger partial charge in [0.1, 0.15) is 6.10 Å². The van der Waals surface area contributed by atoms with Crippen molar-refractivity contribution >= 4 is 6.09 Å². The lowest BCUT2D eigenvalue weighted by molar-refractivity contribution is 0.0142. The Balaban J connectivity index is 1.39. The number of carbonyl (C=O) groups excluding carboxylic acids is 1. The summed E-state index contributed by atoms with van der Waals surface area (Å²) in [6.45, 7) is 4.15. The van der Waals surface area contributed by atoms with Gasteiger partial charge in [0.2, 0.25) is 0 Å². The Morgan fingerprint density at radius 2 is 2.00 bits per heavy atom. The van der Waals surface area contributed by atoms with Crippen LogP contribution in [0.4, 0.5) is 4.79 Å². The molecule has 2 atom stereocenters. The molecule has 2 fully saturated rings. The lowest BCUT2D eigenvalue weighted by atomic mass is 10.2. The van der Waals surface area contributed by atoms with Gasteiger partial charge < -0.3 is 14.8 Å². The summed E-state index contributed by atoms with van der Waals surface area (Å²) < 4.78 is 10.9. The highest BCUT2D eigenvalue weighted by Crippen LogP contribution is 2.27. The third-order valence-electron chi connectivity index (χ3n) is 4.47. The molecule has 1 saturated carbocycles. The van der Waals surface area contributed by atoms with E-state index >= 15 is 0 Å². The molecule has 3 rings (SSSR count). The van der Waals surface area contributed by atoms with E-state index in [0.29, 0.717) is 12.6 Å². The molecule has 1 saturated heterocycles. The Morgan fingerprint density at radius 3 is 2.77 bits per heavy atom. The molecule has 0 bridgehead atoms. The zero-order valence-electron chi connectivity index (χ0n) is 12.9. The fourth-order valence-corrected chi connectivity index (χ4v) is 3.26. The topological polar surface area (TPSA) is 50.8 Å². The number of amides is 1. The lowest BCUT2D eigenvalue weighted by Gasteiger charge is -2.32. The van der Waals surface area contributed by atoms with Gasteiger partial charge in [0.15, 0.2) is 0 Å². The second-order valence-corrected chi connectivity index (χ2v) is 5.98. The van der Waals surface area contributed by atoms with Crippen LogP contribution in [0.15, 0.2) is 30.3 Å². The Morgan fingerprint density at radius 1 is 1.23 bits per heavy atom. The second kappa shape index (κ2) is 7.61. The van der Waals surface area contributed by atoms with Crippen molar-refractivity contribution in [3.05, 3.63) is 35.9 Å². The van der Waals surface area contributed by atoms with E-state index in [1.807, 2.05) is 30.3 Å². The first-order chi connectivity index (χ1) is 10.8. The average molecular weight is 304 g/mol. The number of ether oxygens (including phenoxy) is 2. The number of morpholine rings is 1. The van der Waals surface area contributed by atoms with Gasteiger partial charge in [-0.25, -0.2) is 4.79 Å². The van der Waals surface area contributed by atoms with Crippen LogP contribution in [-0.4, -0.2) is 49.4 Å². The molecule has 1 aromatic carbocycles. The van der Waals surface area contributed by atoms with Gasteiger partial charge in [-0.1, -0.05) is 30.3 Å². The maximum Gasteiger partial charge on any atom is 0.407 e. The Kier molecular flexibility index (Phi) is 5.29. The number of alkyl carbamates (subject to hydrolysis) is 1. The van der Waals surface area contributed by atoms with Crippen molar-refractivity contribution in [2.45, 2.75) is 38.0 Å². The quantitative estimate of drug-likeness (QED) is 0.926. The Labute approximate surface area is 131 Å². The molecular formula is C17H24N2O3. The summed E-state index contributed by atoms with van der Waals surface area (Å²) in [5.41, 5.74) is 1.08. The normalized spacial score (nSPS) is 25.8. The largest absolute Gasteiger partial charge is 0.446 e. The second-order valence-electron chi connectivity index (χ2n) is 5.98. The fraction of sp³-hybridized carbons (Fsp3) is 0.588. The summed E-state index contributed by atoms with van der Waals surface area (Å²) in [6.07, 6.45) is 2.75. The summed E-state index contributed by atoms with van der Waals surface area (Å²) in [7, 11) is 0. The van der Waals surface area contributed by atoms with Gasteiger partial charge in [0.05, 0.1) is 13.2 Å². The van der Waals surface area contributed by atoms with Crippen molar-refractivity contribution in [3.8, 4) is 0 Å². The van der Waals surface area contributed by atoms with Crippen molar-refractivity contribution in [2.75, 3.05) is 26.3 Å². The number of benzene rings is 1. The molecule has 120 valence electrons. The van der Waals surface area contributed by atoms with Gasteiger partial charge in [0, 0.05) is 32.1 Å². The number of hydrogen-bond acceptors (Lipinski definition) is 4. The van der Waals surface area contributed by atoms with Gasteiger partial charge in [-0.2, -0.15) is 0 Å². The van der Waals surface area contributed by atoms with E-state index in [1.54, 1.807) is 0 Å². The number of nitrogens with zero attached hydrogens (tertiary/aromatic N) is 1. The molecule has 22 heavy (non-hydrogen) atoms. The molecule has 1 aliphatic heterocycles. The summed E-state index contributed by atoms with van der Waals surface area (Å²) in [4.78, 5) is 14.4. The maximum atomic E-state index is 11.9. The standard InChI is InChI=1S/C17H24N2O3/c20-17(18-13-14-4-2-1-3-5-14)22-16-7-6-15(12-16)19-8-10-21-11-9-19/h1-5,15-16H,6-13H2,(H,18,20). The fourth-order valence-electron chi connectivity index (χ4n) is 3.26. The van der Waals surface area contributed by atoms with E-state index < -0.39 is 0 Å². The van der Waals surface area contributed by atoms with E-state index in [0.717, 1.165) is 51.1 Å². The first-order valence-corrected chi connectivity index (χ1v) is 8.11. The van der Waals surface area contributed by atoms with Gasteiger partial charge in [-0.3, -0.25) is 4.90 Å². The van der Waals surface area contributed by atoms with Crippen LogP contribution in [-0.2, 0) is 16.0 Å². The van der Waals surface area contributed by atoms with Crippen LogP contribution >= 0.6 is 0 Å². The molecule has 2 aliphatic rings. The molecule has 1 aliphatic carbocycles. The maximum absolute atomic E-state index is 11.9. The van der Waals surface area contributed by atoms with Crippen LogP contribution in [0.1, 0.15) is 24.8 Å². The smallest absolute Gasteiger partial charge is 0.407 e. The Hall–Kier alpha value is -1.59. The molecule has 2 unspecified atom stereocenters. The van der Waals surface area contributed by atoms with E-state index in [4.69, 9.17) is 9.47 Å². The number of hydrogen-bond donors (Lipinski definition) is 1. The third-order valence-corrected chi connectivity index (χ3v) is 4.47. The minimum Gasteiger partial charge on any atom is -0.446 e. The van der Waals surface area contributed by atoms with Crippen LogP contribution in [0.25, 0.3) is 0 Å². The van der Waals surface area contributed by atoms with Crippen LogP contribution < -0.4 is 5.32 Å². The van der Waals surface area contributed by atoms with E-state index in [9.17, 15) is 4.79 Å². The molecule has 5 nitrogen and oxygen atoms in total. The average Bonchev–Trinajstić information content (AvgIpc) is 3.03. The van der Waals surface area contributed by atoms with Crippen LogP contribution in [0.5, 0.6) is 0 Å². The van der Waals surface area contributed by atoms with Crippen LogP contribution in [0, 0.1) is 0 Å². The van der Waals surface area contributed by atoms with Crippen molar-refractivity contribution in [2.24, 2.45) is 0 Å². The molecule has 5 heteroatoms. The van der Waals surface area contributed by atoms with E-state index in [1.165, 1.54) is 0 Å². The van der Waals surface area contributed by atoms with Crippen LogP contribution in [0.3, 0.4) is 0 Å². The molecule has 0 aromatic heterocycles. The summed E-state index contributed by atoms with van der Waals surface area (Å²) in [5.74, 6) is 0. The van der Waals surface area contributed by atoms with E-state index in [2.05, 4.69) is 10.2 Å². The number of carbonyl (C=O) groups is 1. The zero-order valence-corrected chi connectivity index (χ0v) is 12.9. The van der Waals surface area contributed by atoms with Crippen molar-refractivity contribution in [1.82, 2.24) is 10.2 Å². The zero-order chi connectivity index (χ0) is 15.2. The first kappa shape index (κ1) is 15.3. The third kappa shape index (κ3) is 4.21. The minimum atomic E-state index is -0.309. The van der Waals surface area contributed by atoms with Gasteiger partial charge in [0.25, 0.3) is 0 Å². The first-order valence-electron chi connectivity index (χ1n) is 8.11. The predicted octanol–water partition coefficient (Wildman–Crippen LogP) is 2.17. The minimum absolute atomic E-state index is 0.0450. The molecule has 0 radical (unpaired) electrons. The molecular weight excluding hydrogens is 280 g/mol. The monoisotopic (exact) mass is 304 g/mol. The lowest BCUT2D eigenvalue weighted by Crippen LogP contribution is -2.42. The highest BCUT2D eigenvalue weighted by atomic mass is 16.6. The summed E-state index contributed by atoms with van der Waals surface area (Å²) in [6, 6.07) is 10.4. The summed E-state index contributed by atoms with van der Waals surface area (Å²) in [5, 5.41) is 2.83. The highest BCUT2D eigenvalue weighted by molar-refractivity contribution is 5.67. The highest BCUT2D eigenvalue weighted by Gasteiger charge is 2.32. The molecule has 1 N–H and O–H groups in total. The molecule has 1 amide bonds. The predicted molar refractivity (Wildman–Crippen MR) is 83.6 cm³/mol. The van der Waals surface area contributed by atoms with Crippen molar-refractivity contribution < 1.29 is 14.3 Å². The van der Waals surface area contributed by atoms with E-state index in [-0.39, 0.29) is 12.2 Å². The van der Waals surface area contributed by atoms with Crippen LogP contribution in [0.2, 0.25) is 0 Å². The van der Waals surface area contributed by atoms with Crippen molar-refractivity contribution in [3.63, 3.8) is 0 Å². The molecule has 1 heterocycles. The molecule has 1 aromatic rings. The molecule has 0 spiro atoms. The van der Waals surface area contributed by atoms with Gasteiger partial charge in [-0.15, -0.1) is 0 Å². The summed E-state index contributed by atoms with van der Waals surface area (Å²) >= 11 is 0. The van der Waals surface area contributed by atoms with Gasteiger partial charge in [-0.05, 0) is 18.4 Å². The van der Waals surface area contributed by atoms with Crippen molar-refractivity contribution in [1.29, 1.82) is 0 Å². The van der Waals surface area contributed by atoms with Gasteiger partial charge >= 0.3 is 6.09 Å². The number of rotatable bonds is 4. The Bertz CT molecular complexity index is 474. The SMILES string of the molecule is O=C(NCc1ccccc1)OC1CCC(N2CCOCC2)C1.